The molecule has 6 heteroatoms. The highest BCUT2D eigenvalue weighted by molar-refractivity contribution is 6.36. The Bertz CT molecular complexity index is 484. The largest absolute Gasteiger partial charge is 0.376 e. The standard InChI is InChI=1S/C14H17Cl2NO3/c1-3-20-13-7-19-6-12(13)17-14(18)9-4-10(15)8(2)11(16)5-9/h4-5,12-13H,3,6-7H2,1-2H3,(H,17,18)/t12-,13-/m0/s1. The number of amides is 1. The van der Waals surface area contributed by atoms with Crippen LogP contribution in [0.2, 0.25) is 10.0 Å². The van der Waals surface area contributed by atoms with Gasteiger partial charge in [-0.25, -0.2) is 0 Å². The van der Waals surface area contributed by atoms with Crippen LogP contribution in [0.25, 0.3) is 0 Å². The summed E-state index contributed by atoms with van der Waals surface area (Å²) in [4.78, 5) is 12.2. The van der Waals surface area contributed by atoms with Gasteiger partial charge in [0.05, 0.1) is 19.3 Å². The molecule has 1 aromatic rings. The van der Waals surface area contributed by atoms with Gasteiger partial charge in [0.15, 0.2) is 0 Å². The zero-order chi connectivity index (χ0) is 14.7. The third-order valence-electron chi connectivity index (χ3n) is 3.27. The molecular formula is C14H17Cl2NO3. The highest BCUT2D eigenvalue weighted by Crippen LogP contribution is 2.25. The van der Waals surface area contributed by atoms with Gasteiger partial charge < -0.3 is 14.8 Å². The van der Waals surface area contributed by atoms with Crippen molar-refractivity contribution in [1.29, 1.82) is 0 Å². The molecule has 1 saturated heterocycles. The molecule has 1 amide bonds. The molecule has 1 aromatic carbocycles. The molecule has 2 atom stereocenters. The van der Waals surface area contributed by atoms with E-state index in [1.54, 1.807) is 12.1 Å². The van der Waals surface area contributed by atoms with Crippen molar-refractivity contribution in [2.24, 2.45) is 0 Å². The predicted molar refractivity (Wildman–Crippen MR) is 78.7 cm³/mol. The Morgan fingerprint density at radius 1 is 1.40 bits per heavy atom. The van der Waals surface area contributed by atoms with Gasteiger partial charge in [-0.15, -0.1) is 0 Å². The van der Waals surface area contributed by atoms with Crippen LogP contribution >= 0.6 is 23.2 Å². The van der Waals surface area contributed by atoms with Gasteiger partial charge in [-0.3, -0.25) is 4.79 Å². The molecule has 0 bridgehead atoms. The van der Waals surface area contributed by atoms with Gasteiger partial charge in [0.1, 0.15) is 6.10 Å². The quantitative estimate of drug-likeness (QED) is 0.929. The lowest BCUT2D eigenvalue weighted by Crippen LogP contribution is -2.43. The minimum absolute atomic E-state index is 0.111. The van der Waals surface area contributed by atoms with Crippen molar-refractivity contribution >= 4 is 29.1 Å². The van der Waals surface area contributed by atoms with Crippen molar-refractivity contribution in [2.75, 3.05) is 19.8 Å². The Morgan fingerprint density at radius 3 is 2.65 bits per heavy atom. The smallest absolute Gasteiger partial charge is 0.251 e. The second kappa shape index (κ2) is 6.76. The Morgan fingerprint density at radius 2 is 2.05 bits per heavy atom. The summed E-state index contributed by atoms with van der Waals surface area (Å²) in [5, 5.41) is 3.85. The van der Waals surface area contributed by atoms with Crippen molar-refractivity contribution in [3.05, 3.63) is 33.3 Å². The van der Waals surface area contributed by atoms with Crippen LogP contribution in [0.4, 0.5) is 0 Å². The number of rotatable bonds is 4. The molecule has 4 nitrogen and oxygen atoms in total. The topological polar surface area (TPSA) is 47.6 Å². The van der Waals surface area contributed by atoms with Crippen molar-refractivity contribution in [1.82, 2.24) is 5.32 Å². The van der Waals surface area contributed by atoms with Crippen LogP contribution in [0.15, 0.2) is 12.1 Å². The molecule has 0 saturated carbocycles. The van der Waals surface area contributed by atoms with Crippen LogP contribution in [0.5, 0.6) is 0 Å². The number of hydrogen-bond donors (Lipinski definition) is 1. The molecule has 1 heterocycles. The van der Waals surface area contributed by atoms with E-state index >= 15 is 0 Å². The molecule has 0 spiro atoms. The van der Waals surface area contributed by atoms with E-state index in [9.17, 15) is 4.79 Å². The first-order valence-corrected chi connectivity index (χ1v) is 7.24. The monoisotopic (exact) mass is 317 g/mol. The second-order valence-electron chi connectivity index (χ2n) is 4.68. The Labute approximate surface area is 128 Å². The van der Waals surface area contributed by atoms with E-state index in [1.165, 1.54) is 0 Å². The van der Waals surface area contributed by atoms with Gasteiger partial charge in [-0.1, -0.05) is 23.2 Å². The van der Waals surface area contributed by atoms with E-state index in [0.717, 1.165) is 5.56 Å². The number of benzene rings is 1. The van der Waals surface area contributed by atoms with E-state index in [0.29, 0.717) is 35.4 Å². The molecule has 1 aliphatic heterocycles. The SMILES string of the molecule is CCO[C@H]1COC[C@@H]1NC(=O)c1cc(Cl)c(C)c(Cl)c1. The Balaban J connectivity index is 2.08. The van der Waals surface area contributed by atoms with Crippen molar-refractivity contribution in [3.63, 3.8) is 0 Å². The van der Waals surface area contributed by atoms with E-state index in [-0.39, 0.29) is 18.1 Å². The van der Waals surface area contributed by atoms with Crippen LogP contribution in [0.1, 0.15) is 22.8 Å². The fraction of sp³-hybridized carbons (Fsp3) is 0.500. The number of carbonyl (C=O) groups excluding carboxylic acids is 1. The summed E-state index contributed by atoms with van der Waals surface area (Å²) in [6.07, 6.45) is -0.111. The van der Waals surface area contributed by atoms with E-state index in [2.05, 4.69) is 5.32 Å². The summed E-state index contributed by atoms with van der Waals surface area (Å²) in [5.41, 5.74) is 1.20. The van der Waals surface area contributed by atoms with E-state index in [4.69, 9.17) is 32.7 Å². The van der Waals surface area contributed by atoms with Gasteiger partial charge in [0.25, 0.3) is 5.91 Å². The lowest BCUT2D eigenvalue weighted by molar-refractivity contribution is 0.0402. The molecule has 0 unspecified atom stereocenters. The van der Waals surface area contributed by atoms with Gasteiger partial charge >= 0.3 is 0 Å². The molecule has 1 N–H and O–H groups in total. The minimum Gasteiger partial charge on any atom is -0.376 e. The lowest BCUT2D eigenvalue weighted by Gasteiger charge is -2.19. The molecule has 1 aliphatic rings. The summed E-state index contributed by atoms with van der Waals surface area (Å²) in [5.74, 6) is -0.228. The fourth-order valence-corrected chi connectivity index (χ4v) is 2.56. The first kappa shape index (κ1) is 15.6. The molecule has 0 aliphatic carbocycles. The first-order chi connectivity index (χ1) is 9.52. The number of hydrogen-bond acceptors (Lipinski definition) is 3. The zero-order valence-electron chi connectivity index (χ0n) is 11.4. The first-order valence-electron chi connectivity index (χ1n) is 6.48. The molecule has 0 aromatic heterocycles. The maximum absolute atomic E-state index is 12.2. The molecule has 0 radical (unpaired) electrons. The summed E-state index contributed by atoms with van der Waals surface area (Å²) in [7, 11) is 0. The molecule has 110 valence electrons. The lowest BCUT2D eigenvalue weighted by atomic mass is 10.1. The summed E-state index contributed by atoms with van der Waals surface area (Å²) in [6.45, 7) is 5.25. The average molecular weight is 318 g/mol. The van der Waals surface area contributed by atoms with Crippen molar-refractivity contribution < 1.29 is 14.3 Å². The van der Waals surface area contributed by atoms with E-state index < -0.39 is 0 Å². The van der Waals surface area contributed by atoms with Crippen molar-refractivity contribution in [3.8, 4) is 0 Å². The van der Waals surface area contributed by atoms with Crippen molar-refractivity contribution in [2.45, 2.75) is 26.0 Å². The third kappa shape index (κ3) is 3.44. The molecule has 1 fully saturated rings. The van der Waals surface area contributed by atoms with Crippen LogP contribution in [0.3, 0.4) is 0 Å². The molecule has 2 rings (SSSR count). The van der Waals surface area contributed by atoms with Gasteiger partial charge in [0, 0.05) is 22.2 Å². The van der Waals surface area contributed by atoms with Crippen LogP contribution < -0.4 is 5.32 Å². The van der Waals surface area contributed by atoms with Gasteiger partial charge in [-0.05, 0) is 31.5 Å². The van der Waals surface area contributed by atoms with E-state index in [1.807, 2.05) is 13.8 Å². The van der Waals surface area contributed by atoms with Gasteiger partial charge in [-0.2, -0.15) is 0 Å². The minimum atomic E-state index is -0.228. The number of nitrogens with one attached hydrogen (secondary N) is 1. The summed E-state index contributed by atoms with van der Waals surface area (Å²) >= 11 is 12.1. The maximum atomic E-state index is 12.2. The van der Waals surface area contributed by atoms with Crippen LogP contribution in [0, 0.1) is 6.92 Å². The number of carbonyl (C=O) groups is 1. The molecular weight excluding hydrogens is 301 g/mol. The summed E-state index contributed by atoms with van der Waals surface area (Å²) < 4.78 is 10.9. The fourth-order valence-electron chi connectivity index (χ4n) is 2.08. The molecule has 20 heavy (non-hydrogen) atoms. The summed E-state index contributed by atoms with van der Waals surface area (Å²) in [6, 6.07) is 3.08. The normalized spacial score (nSPS) is 22.0. The van der Waals surface area contributed by atoms with Crippen LogP contribution in [-0.2, 0) is 9.47 Å². The second-order valence-corrected chi connectivity index (χ2v) is 5.49. The average Bonchev–Trinajstić information content (AvgIpc) is 2.83. The number of halogens is 2. The third-order valence-corrected chi connectivity index (χ3v) is 4.05. The van der Waals surface area contributed by atoms with Gasteiger partial charge in [0.2, 0.25) is 0 Å². The predicted octanol–water partition coefficient (Wildman–Crippen LogP) is 2.84. The Kier molecular flexibility index (Phi) is 5.27. The highest BCUT2D eigenvalue weighted by atomic mass is 35.5. The highest BCUT2D eigenvalue weighted by Gasteiger charge is 2.30. The zero-order valence-corrected chi connectivity index (χ0v) is 12.9. The number of ether oxygens (including phenoxy) is 2. The Hall–Kier alpha value is -0.810. The van der Waals surface area contributed by atoms with Crippen LogP contribution in [-0.4, -0.2) is 37.9 Å². The maximum Gasteiger partial charge on any atom is 0.251 e.